The Labute approximate surface area is 125 Å². The molecule has 0 radical (unpaired) electrons. The van der Waals surface area contributed by atoms with E-state index in [0.29, 0.717) is 26.2 Å². The van der Waals surface area contributed by atoms with Crippen LogP contribution >= 0.6 is 12.4 Å². The molecule has 8 heteroatoms. The van der Waals surface area contributed by atoms with Crippen LogP contribution in [0, 0.1) is 5.82 Å². The highest BCUT2D eigenvalue weighted by Crippen LogP contribution is 2.38. The molecule has 1 aromatic carbocycles. The summed E-state index contributed by atoms with van der Waals surface area (Å²) in [5, 5.41) is 3.04. The van der Waals surface area contributed by atoms with E-state index in [9.17, 15) is 22.0 Å². The van der Waals surface area contributed by atoms with Crippen molar-refractivity contribution in [3.8, 4) is 0 Å². The van der Waals surface area contributed by atoms with Crippen molar-refractivity contribution in [3.05, 3.63) is 35.1 Å². The zero-order valence-corrected chi connectivity index (χ0v) is 11.9. The average molecular weight is 331 g/mol. The smallest absolute Gasteiger partial charge is 0.314 e. The van der Waals surface area contributed by atoms with Crippen LogP contribution in [-0.4, -0.2) is 37.8 Å². The fraction of sp³-hybridized carbons (Fsp3) is 0.538. The average Bonchev–Trinajstić information content (AvgIpc) is 2.39. The standard InChI is InChI=1S/C13H15F5N2.ClH/c14-8-11(20-6-4-19-5-7-20)9-2-1-3-10(15)12(9)13(16,17)18;/h1-3,11,19H,4-8H2;1H/t11-;/m1./s1. The van der Waals surface area contributed by atoms with Gasteiger partial charge in [0.1, 0.15) is 12.5 Å². The first-order valence-electron chi connectivity index (χ1n) is 6.31. The first-order valence-corrected chi connectivity index (χ1v) is 6.31. The number of rotatable bonds is 3. The van der Waals surface area contributed by atoms with Crippen LogP contribution in [-0.2, 0) is 6.18 Å². The Morgan fingerprint density at radius 3 is 2.33 bits per heavy atom. The maximum Gasteiger partial charge on any atom is 0.419 e. The van der Waals surface area contributed by atoms with Crippen molar-refractivity contribution in [2.45, 2.75) is 12.2 Å². The lowest BCUT2D eigenvalue weighted by atomic mass is 9.98. The van der Waals surface area contributed by atoms with Crippen LogP contribution in [0.25, 0.3) is 0 Å². The second-order valence-corrected chi connectivity index (χ2v) is 4.66. The maximum absolute atomic E-state index is 13.5. The minimum Gasteiger partial charge on any atom is -0.314 e. The van der Waals surface area contributed by atoms with E-state index in [2.05, 4.69) is 5.32 Å². The second-order valence-electron chi connectivity index (χ2n) is 4.66. The van der Waals surface area contributed by atoms with Gasteiger partial charge in [0, 0.05) is 26.2 Å². The molecule has 0 aromatic heterocycles. The van der Waals surface area contributed by atoms with Gasteiger partial charge in [-0.1, -0.05) is 12.1 Å². The van der Waals surface area contributed by atoms with Gasteiger partial charge >= 0.3 is 6.18 Å². The van der Waals surface area contributed by atoms with Crippen LogP contribution in [0.4, 0.5) is 22.0 Å². The van der Waals surface area contributed by atoms with Crippen LogP contribution in [0.3, 0.4) is 0 Å². The van der Waals surface area contributed by atoms with E-state index in [0.717, 1.165) is 12.1 Å². The highest BCUT2D eigenvalue weighted by atomic mass is 35.5. The molecular formula is C13H16ClF5N2. The van der Waals surface area contributed by atoms with Gasteiger partial charge < -0.3 is 5.32 Å². The van der Waals surface area contributed by atoms with E-state index in [1.165, 1.54) is 6.07 Å². The maximum atomic E-state index is 13.5. The van der Waals surface area contributed by atoms with E-state index < -0.39 is 30.3 Å². The molecule has 1 fully saturated rings. The van der Waals surface area contributed by atoms with Crippen LogP contribution in [0.1, 0.15) is 17.2 Å². The van der Waals surface area contributed by atoms with Crippen molar-refractivity contribution < 1.29 is 22.0 Å². The number of nitrogens with one attached hydrogen (secondary N) is 1. The normalized spacial score (nSPS) is 18.1. The molecule has 2 rings (SSSR count). The minimum atomic E-state index is -4.83. The van der Waals surface area contributed by atoms with Gasteiger partial charge in [-0.25, -0.2) is 8.78 Å². The third-order valence-electron chi connectivity index (χ3n) is 3.43. The SMILES string of the molecule is Cl.FC[C@H](c1cccc(F)c1C(F)(F)F)N1CCNCC1. The topological polar surface area (TPSA) is 15.3 Å². The summed E-state index contributed by atoms with van der Waals surface area (Å²) in [6.45, 7) is 1.04. The Hall–Kier alpha value is -0.920. The minimum absolute atomic E-state index is 0. The number of benzene rings is 1. The van der Waals surface area contributed by atoms with E-state index >= 15 is 0 Å². The number of alkyl halides is 4. The Morgan fingerprint density at radius 2 is 1.81 bits per heavy atom. The highest BCUT2D eigenvalue weighted by Gasteiger charge is 2.39. The summed E-state index contributed by atoms with van der Waals surface area (Å²) in [4.78, 5) is 1.61. The molecule has 0 aliphatic carbocycles. The van der Waals surface area contributed by atoms with Gasteiger partial charge in [-0.2, -0.15) is 13.2 Å². The van der Waals surface area contributed by atoms with E-state index in [4.69, 9.17) is 0 Å². The number of piperazine rings is 1. The van der Waals surface area contributed by atoms with Crippen molar-refractivity contribution >= 4 is 12.4 Å². The molecule has 2 nitrogen and oxygen atoms in total. The third kappa shape index (κ3) is 4.05. The second kappa shape index (κ2) is 7.38. The molecule has 0 bridgehead atoms. The van der Waals surface area contributed by atoms with Gasteiger partial charge in [0.2, 0.25) is 0 Å². The molecule has 120 valence electrons. The lowest BCUT2D eigenvalue weighted by Crippen LogP contribution is -2.46. The molecule has 0 amide bonds. The Bertz CT molecular complexity index is 460. The van der Waals surface area contributed by atoms with Crippen LogP contribution in [0.5, 0.6) is 0 Å². The predicted octanol–water partition coefficient (Wildman–Crippen LogP) is 3.18. The van der Waals surface area contributed by atoms with Crippen molar-refractivity contribution in [1.29, 1.82) is 0 Å². The largest absolute Gasteiger partial charge is 0.419 e. The van der Waals surface area contributed by atoms with Gasteiger partial charge in [-0.15, -0.1) is 12.4 Å². The van der Waals surface area contributed by atoms with Crippen molar-refractivity contribution in [2.75, 3.05) is 32.9 Å². The van der Waals surface area contributed by atoms with Gasteiger partial charge in [-0.3, -0.25) is 4.90 Å². The first kappa shape index (κ1) is 18.1. The molecule has 21 heavy (non-hydrogen) atoms. The van der Waals surface area contributed by atoms with Crippen LogP contribution in [0.15, 0.2) is 18.2 Å². The quantitative estimate of drug-likeness (QED) is 0.856. The van der Waals surface area contributed by atoms with Gasteiger partial charge in [0.15, 0.2) is 0 Å². The molecule has 1 aliphatic heterocycles. The van der Waals surface area contributed by atoms with Gasteiger partial charge in [0.05, 0.1) is 11.6 Å². The Morgan fingerprint density at radius 1 is 1.19 bits per heavy atom. The zero-order valence-electron chi connectivity index (χ0n) is 11.1. The number of hydrogen-bond acceptors (Lipinski definition) is 2. The summed E-state index contributed by atoms with van der Waals surface area (Å²) in [6.07, 6.45) is -4.83. The lowest BCUT2D eigenvalue weighted by Gasteiger charge is -2.34. The fourth-order valence-corrected chi connectivity index (χ4v) is 2.49. The predicted molar refractivity (Wildman–Crippen MR) is 71.8 cm³/mol. The molecule has 0 unspecified atom stereocenters. The van der Waals surface area contributed by atoms with Gasteiger partial charge in [-0.05, 0) is 11.6 Å². The zero-order chi connectivity index (χ0) is 14.8. The van der Waals surface area contributed by atoms with E-state index in [1.807, 2.05) is 0 Å². The number of nitrogens with zero attached hydrogens (tertiary/aromatic N) is 1. The van der Waals surface area contributed by atoms with Crippen LogP contribution < -0.4 is 5.32 Å². The molecule has 1 aliphatic rings. The molecule has 1 heterocycles. The van der Waals surface area contributed by atoms with Crippen molar-refractivity contribution in [3.63, 3.8) is 0 Å². The molecule has 1 N–H and O–H groups in total. The molecule has 1 atom stereocenters. The molecule has 0 spiro atoms. The van der Waals surface area contributed by atoms with Crippen molar-refractivity contribution in [2.24, 2.45) is 0 Å². The highest BCUT2D eigenvalue weighted by molar-refractivity contribution is 5.85. The van der Waals surface area contributed by atoms with Crippen molar-refractivity contribution in [1.82, 2.24) is 10.2 Å². The lowest BCUT2D eigenvalue weighted by molar-refractivity contribution is -0.141. The molecule has 1 saturated heterocycles. The third-order valence-corrected chi connectivity index (χ3v) is 3.43. The first-order chi connectivity index (χ1) is 9.45. The summed E-state index contributed by atoms with van der Waals surface area (Å²) in [6, 6.07) is 2.02. The van der Waals surface area contributed by atoms with Crippen LogP contribution in [0.2, 0.25) is 0 Å². The Balaban J connectivity index is 0.00000220. The number of hydrogen-bond donors (Lipinski definition) is 1. The molecule has 1 aromatic rings. The summed E-state index contributed by atoms with van der Waals surface area (Å²) in [5.41, 5.74) is -1.69. The Kier molecular flexibility index (Phi) is 6.37. The molecule has 0 saturated carbocycles. The van der Waals surface area contributed by atoms with Gasteiger partial charge in [0.25, 0.3) is 0 Å². The summed E-state index contributed by atoms with van der Waals surface area (Å²) in [7, 11) is 0. The molecular weight excluding hydrogens is 315 g/mol. The summed E-state index contributed by atoms with van der Waals surface area (Å²) in [5.74, 6) is -1.36. The van der Waals surface area contributed by atoms with E-state index in [1.54, 1.807) is 4.90 Å². The summed E-state index contributed by atoms with van der Waals surface area (Å²) < 4.78 is 65.8. The fourth-order valence-electron chi connectivity index (χ4n) is 2.49. The van der Waals surface area contributed by atoms with E-state index in [-0.39, 0.29) is 18.0 Å². The summed E-state index contributed by atoms with van der Waals surface area (Å²) >= 11 is 0. The number of halogens is 6. The monoisotopic (exact) mass is 330 g/mol.